The molecule has 5 heteroatoms. The Bertz CT molecular complexity index is 510. The predicted octanol–water partition coefficient (Wildman–Crippen LogP) is 2.67. The Hall–Kier alpha value is -1.12. The molecule has 0 amide bonds. The molecule has 3 nitrogen and oxygen atoms in total. The van der Waals surface area contributed by atoms with Gasteiger partial charge in [0.05, 0.1) is 10.4 Å². The fraction of sp³-hybridized carbons (Fsp3) is 0.417. The Morgan fingerprint density at radius 3 is 2.76 bits per heavy atom. The van der Waals surface area contributed by atoms with E-state index in [0.29, 0.717) is 11.3 Å². The molecular weight excluding hydrogens is 289 g/mol. The van der Waals surface area contributed by atoms with Gasteiger partial charge in [-0.15, -0.1) is 0 Å². The number of fused-ring (bicyclic) bond motifs is 1. The van der Waals surface area contributed by atoms with E-state index in [2.05, 4.69) is 15.9 Å². The van der Waals surface area contributed by atoms with Crippen molar-refractivity contribution in [1.82, 2.24) is 0 Å². The first-order valence-corrected chi connectivity index (χ1v) is 6.03. The van der Waals surface area contributed by atoms with E-state index in [1.165, 1.54) is 12.1 Å². The van der Waals surface area contributed by atoms with Crippen LogP contribution in [-0.4, -0.2) is 16.8 Å². The lowest BCUT2D eigenvalue weighted by atomic mass is 9.90. The molecule has 1 aliphatic heterocycles. The third-order valence-electron chi connectivity index (χ3n) is 2.88. The molecule has 90 valence electrons. The molecular formula is C12H11BrFNO2. The third-order valence-corrected chi connectivity index (χ3v) is 3.87. The van der Waals surface area contributed by atoms with E-state index in [-0.39, 0.29) is 10.4 Å². The van der Waals surface area contributed by atoms with Crippen LogP contribution in [0.15, 0.2) is 12.1 Å². The Morgan fingerprint density at radius 2 is 2.18 bits per heavy atom. The van der Waals surface area contributed by atoms with Gasteiger partial charge in [-0.05, 0) is 19.9 Å². The summed E-state index contributed by atoms with van der Waals surface area (Å²) in [6.45, 7) is 3.45. The first-order valence-electron chi connectivity index (χ1n) is 5.11. The molecule has 1 N–H and O–H groups in total. The van der Waals surface area contributed by atoms with Gasteiger partial charge in [0.15, 0.2) is 0 Å². The van der Waals surface area contributed by atoms with E-state index in [9.17, 15) is 9.50 Å². The number of aliphatic hydroxyl groups excluding tert-OH is 1. The molecule has 0 spiro atoms. The van der Waals surface area contributed by atoms with E-state index in [1.54, 1.807) is 19.9 Å². The molecule has 0 saturated carbocycles. The van der Waals surface area contributed by atoms with Crippen molar-refractivity contribution in [3.8, 4) is 11.8 Å². The summed E-state index contributed by atoms with van der Waals surface area (Å²) in [6, 6.07) is 4.36. The zero-order chi connectivity index (χ0) is 12.8. The average molecular weight is 300 g/mol. The van der Waals surface area contributed by atoms with Crippen LogP contribution in [0.3, 0.4) is 0 Å². The van der Waals surface area contributed by atoms with E-state index in [1.807, 2.05) is 0 Å². The first kappa shape index (κ1) is 12.3. The smallest absolute Gasteiger partial charge is 0.144 e. The lowest BCUT2D eigenvalue weighted by Gasteiger charge is -2.40. The molecule has 0 fully saturated rings. The highest BCUT2D eigenvalue weighted by Gasteiger charge is 2.42. The second kappa shape index (κ2) is 3.97. The van der Waals surface area contributed by atoms with Crippen molar-refractivity contribution in [1.29, 1.82) is 5.26 Å². The van der Waals surface area contributed by atoms with E-state index in [0.717, 1.165) is 0 Å². The standard InChI is InChI=1S/C12H11BrFNO2/c1-12(2)11(16)10(13)7-3-6(5-15)8(14)4-9(7)17-12/h3-4,10-11,16H,1-2H3/t10-,11+/m0/s1. The number of hydrogen-bond donors (Lipinski definition) is 1. The van der Waals surface area contributed by atoms with Crippen molar-refractivity contribution in [3.05, 3.63) is 29.1 Å². The highest BCUT2D eigenvalue weighted by molar-refractivity contribution is 9.09. The number of nitrogens with zero attached hydrogens (tertiary/aromatic N) is 1. The van der Waals surface area contributed by atoms with Crippen molar-refractivity contribution in [2.75, 3.05) is 0 Å². The maximum absolute atomic E-state index is 13.5. The number of hydrogen-bond acceptors (Lipinski definition) is 3. The van der Waals surface area contributed by atoms with Crippen LogP contribution in [0.4, 0.5) is 4.39 Å². The number of aliphatic hydroxyl groups is 1. The van der Waals surface area contributed by atoms with Crippen LogP contribution in [0.1, 0.15) is 29.8 Å². The highest BCUT2D eigenvalue weighted by atomic mass is 79.9. The molecule has 0 saturated heterocycles. The minimum Gasteiger partial charge on any atom is -0.485 e. The Labute approximate surface area is 107 Å². The lowest BCUT2D eigenvalue weighted by Crippen LogP contribution is -2.47. The van der Waals surface area contributed by atoms with E-state index >= 15 is 0 Å². The molecule has 1 aromatic rings. The SMILES string of the molecule is CC1(C)Oc2cc(F)c(C#N)cc2[C@H](Br)[C@H]1O. The van der Waals surface area contributed by atoms with Crippen molar-refractivity contribution >= 4 is 15.9 Å². The summed E-state index contributed by atoms with van der Waals surface area (Å²) < 4.78 is 19.0. The summed E-state index contributed by atoms with van der Waals surface area (Å²) in [7, 11) is 0. The van der Waals surface area contributed by atoms with Crippen molar-refractivity contribution < 1.29 is 14.2 Å². The van der Waals surface area contributed by atoms with Crippen molar-refractivity contribution in [3.63, 3.8) is 0 Å². The van der Waals surface area contributed by atoms with E-state index < -0.39 is 17.5 Å². The topological polar surface area (TPSA) is 53.2 Å². The van der Waals surface area contributed by atoms with Crippen molar-refractivity contribution in [2.24, 2.45) is 0 Å². The zero-order valence-corrected chi connectivity index (χ0v) is 11.0. The molecule has 0 bridgehead atoms. The number of halogens is 2. The molecule has 0 unspecified atom stereocenters. The zero-order valence-electron chi connectivity index (χ0n) is 9.37. The van der Waals surface area contributed by atoms with Crippen LogP contribution in [0, 0.1) is 17.1 Å². The van der Waals surface area contributed by atoms with Crippen LogP contribution < -0.4 is 4.74 Å². The summed E-state index contributed by atoms with van der Waals surface area (Å²) in [4.78, 5) is -0.381. The summed E-state index contributed by atoms with van der Waals surface area (Å²) in [5.74, 6) is -0.253. The van der Waals surface area contributed by atoms with Crippen LogP contribution >= 0.6 is 15.9 Å². The summed E-state index contributed by atoms with van der Waals surface area (Å²) in [5.41, 5.74) is -0.264. The lowest BCUT2D eigenvalue weighted by molar-refractivity contribution is -0.0420. The Morgan fingerprint density at radius 1 is 1.53 bits per heavy atom. The molecule has 2 rings (SSSR count). The highest BCUT2D eigenvalue weighted by Crippen LogP contribution is 2.44. The Kier molecular flexibility index (Phi) is 2.88. The maximum Gasteiger partial charge on any atom is 0.144 e. The quantitative estimate of drug-likeness (QED) is 0.749. The molecule has 2 atom stereocenters. The fourth-order valence-corrected chi connectivity index (χ4v) is 2.82. The van der Waals surface area contributed by atoms with Gasteiger partial charge < -0.3 is 9.84 Å². The summed E-state index contributed by atoms with van der Waals surface area (Å²) >= 11 is 3.35. The van der Waals surface area contributed by atoms with Gasteiger partial charge in [-0.25, -0.2) is 4.39 Å². The van der Waals surface area contributed by atoms with Crippen LogP contribution in [0.25, 0.3) is 0 Å². The number of alkyl halides is 1. The normalized spacial score (nSPS) is 25.6. The largest absolute Gasteiger partial charge is 0.485 e. The second-order valence-electron chi connectivity index (χ2n) is 4.53. The monoisotopic (exact) mass is 299 g/mol. The number of benzene rings is 1. The molecule has 1 aliphatic rings. The summed E-state index contributed by atoms with van der Waals surface area (Å²) in [6.07, 6.45) is -0.771. The van der Waals surface area contributed by atoms with Crippen molar-refractivity contribution in [2.45, 2.75) is 30.4 Å². The van der Waals surface area contributed by atoms with Crippen LogP contribution in [-0.2, 0) is 0 Å². The molecule has 0 aliphatic carbocycles. The summed E-state index contributed by atoms with van der Waals surface area (Å²) in [5, 5.41) is 18.8. The van der Waals surface area contributed by atoms with Gasteiger partial charge in [0.1, 0.15) is 29.3 Å². The van der Waals surface area contributed by atoms with Gasteiger partial charge in [0.25, 0.3) is 0 Å². The second-order valence-corrected chi connectivity index (χ2v) is 5.52. The first-order chi connectivity index (χ1) is 7.86. The molecule has 1 aromatic carbocycles. The molecule has 17 heavy (non-hydrogen) atoms. The molecule has 0 aromatic heterocycles. The van der Waals surface area contributed by atoms with E-state index in [4.69, 9.17) is 10.00 Å². The van der Waals surface area contributed by atoms with Gasteiger partial charge in [-0.2, -0.15) is 5.26 Å². The predicted molar refractivity (Wildman–Crippen MR) is 63.5 cm³/mol. The third kappa shape index (κ3) is 1.92. The minimum absolute atomic E-state index is 0.0521. The van der Waals surface area contributed by atoms with Gasteiger partial charge in [0, 0.05) is 11.6 Å². The Balaban J connectivity index is 2.58. The van der Waals surface area contributed by atoms with Crippen LogP contribution in [0.5, 0.6) is 5.75 Å². The number of ether oxygens (including phenoxy) is 1. The number of nitriles is 1. The fourth-order valence-electron chi connectivity index (χ4n) is 1.83. The molecule has 1 heterocycles. The van der Waals surface area contributed by atoms with Gasteiger partial charge in [0.2, 0.25) is 0 Å². The van der Waals surface area contributed by atoms with Crippen LogP contribution in [0.2, 0.25) is 0 Å². The van der Waals surface area contributed by atoms with Gasteiger partial charge in [-0.3, -0.25) is 0 Å². The van der Waals surface area contributed by atoms with Gasteiger partial charge in [-0.1, -0.05) is 15.9 Å². The average Bonchev–Trinajstić information content (AvgIpc) is 2.25. The minimum atomic E-state index is -0.804. The molecule has 0 radical (unpaired) electrons. The number of rotatable bonds is 0. The maximum atomic E-state index is 13.5. The van der Waals surface area contributed by atoms with Gasteiger partial charge >= 0.3 is 0 Å².